The van der Waals surface area contributed by atoms with Crippen LogP contribution in [0.25, 0.3) is 34.1 Å². The minimum Gasteiger partial charge on any atom is -0.340 e. The third-order valence-corrected chi connectivity index (χ3v) is 4.46. The van der Waals surface area contributed by atoms with Crippen molar-refractivity contribution in [3.05, 3.63) is 59.0 Å². The van der Waals surface area contributed by atoms with E-state index < -0.39 is 0 Å². The maximum Gasteiger partial charge on any atom is 0.173 e. The predicted octanol–water partition coefficient (Wildman–Crippen LogP) is 3.57. The van der Waals surface area contributed by atoms with Gasteiger partial charge >= 0.3 is 0 Å². The molecule has 0 amide bonds. The lowest BCUT2D eigenvalue weighted by Crippen LogP contribution is -2.29. The molecule has 0 heterocycles. The van der Waals surface area contributed by atoms with Crippen molar-refractivity contribution in [2.24, 2.45) is 0 Å². The van der Waals surface area contributed by atoms with Crippen molar-refractivity contribution < 1.29 is 20.3 Å². The van der Waals surface area contributed by atoms with E-state index in [1.54, 1.807) is 12.1 Å². The second-order valence-corrected chi connectivity index (χ2v) is 5.77. The monoisotopic (exact) mass is 320 g/mol. The van der Waals surface area contributed by atoms with Crippen LogP contribution in [0.4, 0.5) is 0 Å². The first-order valence-corrected chi connectivity index (χ1v) is 7.82. The third-order valence-electron chi connectivity index (χ3n) is 4.46. The van der Waals surface area contributed by atoms with E-state index in [0.717, 1.165) is 34.1 Å². The third kappa shape index (κ3) is 2.24. The van der Waals surface area contributed by atoms with Crippen LogP contribution in [0, 0.1) is 0 Å². The van der Waals surface area contributed by atoms with Crippen LogP contribution in [0.1, 0.15) is 12.8 Å². The molecule has 4 rings (SSSR count). The Kier molecular flexibility index (Phi) is 3.69. The smallest absolute Gasteiger partial charge is 0.173 e. The van der Waals surface area contributed by atoms with Crippen LogP contribution in [0.2, 0.25) is 0 Å². The van der Waals surface area contributed by atoms with Crippen molar-refractivity contribution in [2.75, 3.05) is 0 Å². The molecule has 0 aromatic heterocycles. The fraction of sp³-hybridized carbons (Fsp3) is 0.100. The Balaban J connectivity index is 2.20. The molecule has 1 aliphatic rings. The van der Waals surface area contributed by atoms with Crippen LogP contribution >= 0.6 is 0 Å². The van der Waals surface area contributed by atoms with Gasteiger partial charge in [0.05, 0.1) is 0 Å². The summed E-state index contributed by atoms with van der Waals surface area (Å²) in [5, 5.41) is 22.7. The average molecular weight is 320 g/mol. The lowest BCUT2D eigenvalue weighted by Gasteiger charge is -2.15. The fourth-order valence-corrected chi connectivity index (χ4v) is 3.40. The minimum absolute atomic E-state index is 0.319. The summed E-state index contributed by atoms with van der Waals surface area (Å²) in [5.41, 5.74) is 1.41. The maximum absolute atomic E-state index is 9.39. The molecule has 4 heteroatoms. The van der Waals surface area contributed by atoms with E-state index in [-0.39, 0.29) is 0 Å². The largest absolute Gasteiger partial charge is 0.340 e. The van der Waals surface area contributed by atoms with Crippen molar-refractivity contribution in [2.45, 2.75) is 12.8 Å². The number of benzene rings is 3. The Labute approximate surface area is 138 Å². The lowest BCUT2D eigenvalue weighted by atomic mass is 9.92. The molecule has 0 fully saturated rings. The average Bonchev–Trinajstić information content (AvgIpc) is 2.66. The standard InChI is InChI=1S/C20H16O4/c21-23-17-11-9-13-5-1-3-7-15(13)19(17)20-16-8-4-2-6-14(16)10-12-18(20)24-22/h1,3,5-12,21-22H,2,4H2. The Morgan fingerprint density at radius 2 is 1.42 bits per heavy atom. The lowest BCUT2D eigenvalue weighted by molar-refractivity contribution is -0.138. The van der Waals surface area contributed by atoms with Crippen molar-refractivity contribution in [3.63, 3.8) is 0 Å². The summed E-state index contributed by atoms with van der Waals surface area (Å²) >= 11 is 0. The van der Waals surface area contributed by atoms with Gasteiger partial charge in [0, 0.05) is 11.1 Å². The highest BCUT2D eigenvalue weighted by Crippen LogP contribution is 2.39. The number of hydrogen-bond acceptors (Lipinski definition) is 4. The predicted molar refractivity (Wildman–Crippen MR) is 93.3 cm³/mol. The van der Waals surface area contributed by atoms with E-state index in [1.165, 1.54) is 0 Å². The summed E-state index contributed by atoms with van der Waals surface area (Å²) in [4.78, 5) is 9.28. The molecule has 4 nitrogen and oxygen atoms in total. The van der Waals surface area contributed by atoms with Gasteiger partial charge in [0.25, 0.3) is 0 Å². The van der Waals surface area contributed by atoms with E-state index >= 15 is 0 Å². The molecule has 0 aliphatic heterocycles. The maximum atomic E-state index is 9.39. The summed E-state index contributed by atoms with van der Waals surface area (Å²) in [6.45, 7) is 0. The molecule has 0 unspecified atom stereocenters. The highest BCUT2D eigenvalue weighted by molar-refractivity contribution is 6.01. The molecule has 24 heavy (non-hydrogen) atoms. The summed E-state index contributed by atoms with van der Waals surface area (Å²) < 4.78 is 0. The summed E-state index contributed by atoms with van der Waals surface area (Å²) in [5.74, 6) is 0.648. The Morgan fingerprint density at radius 3 is 2.25 bits per heavy atom. The van der Waals surface area contributed by atoms with Crippen LogP contribution in [-0.2, 0) is 0 Å². The fourth-order valence-electron chi connectivity index (χ4n) is 3.40. The van der Waals surface area contributed by atoms with Crippen LogP contribution in [0.3, 0.4) is 0 Å². The zero-order chi connectivity index (χ0) is 16.5. The molecule has 0 saturated heterocycles. The Bertz CT molecular complexity index is 1040. The highest BCUT2D eigenvalue weighted by Gasteiger charge is 2.18. The van der Waals surface area contributed by atoms with E-state index in [0.29, 0.717) is 22.6 Å². The molecule has 3 aromatic carbocycles. The van der Waals surface area contributed by atoms with Gasteiger partial charge in [-0.25, -0.2) is 10.5 Å². The first-order valence-electron chi connectivity index (χ1n) is 7.82. The van der Waals surface area contributed by atoms with Crippen molar-refractivity contribution in [1.29, 1.82) is 0 Å². The summed E-state index contributed by atoms with van der Waals surface area (Å²) in [6.07, 6.45) is 6.17. The van der Waals surface area contributed by atoms with E-state index in [4.69, 9.17) is 0 Å². The Morgan fingerprint density at radius 1 is 0.708 bits per heavy atom. The molecular formula is C20H16O4. The molecular weight excluding hydrogens is 304 g/mol. The first-order chi connectivity index (χ1) is 11.8. The van der Waals surface area contributed by atoms with Gasteiger partial charge in [-0.15, -0.1) is 0 Å². The quantitative estimate of drug-likeness (QED) is 0.572. The van der Waals surface area contributed by atoms with Crippen molar-refractivity contribution >= 4 is 22.9 Å². The Hall–Kier alpha value is -2.82. The second kappa shape index (κ2) is 6.00. The van der Waals surface area contributed by atoms with Gasteiger partial charge < -0.3 is 9.78 Å². The van der Waals surface area contributed by atoms with Gasteiger partial charge in [0.15, 0.2) is 11.5 Å². The molecule has 120 valence electrons. The van der Waals surface area contributed by atoms with Gasteiger partial charge in [-0.2, -0.15) is 0 Å². The molecule has 1 aliphatic carbocycles. The normalized spacial score (nSPS) is 12.9. The second-order valence-electron chi connectivity index (χ2n) is 5.77. The van der Waals surface area contributed by atoms with Gasteiger partial charge in [0.2, 0.25) is 0 Å². The van der Waals surface area contributed by atoms with Crippen LogP contribution in [0.5, 0.6) is 11.5 Å². The van der Waals surface area contributed by atoms with Crippen LogP contribution in [-0.4, -0.2) is 10.5 Å². The van der Waals surface area contributed by atoms with Crippen LogP contribution < -0.4 is 20.2 Å². The number of fused-ring (bicyclic) bond motifs is 2. The van der Waals surface area contributed by atoms with Crippen molar-refractivity contribution in [1.82, 2.24) is 0 Å². The number of hydrogen-bond donors (Lipinski definition) is 2. The zero-order valence-corrected chi connectivity index (χ0v) is 12.9. The molecule has 3 aromatic rings. The first kappa shape index (κ1) is 14.8. The zero-order valence-electron chi connectivity index (χ0n) is 12.9. The highest BCUT2D eigenvalue weighted by atomic mass is 17.1. The van der Waals surface area contributed by atoms with Gasteiger partial charge in [-0.1, -0.05) is 48.6 Å². The molecule has 0 radical (unpaired) electrons. The van der Waals surface area contributed by atoms with E-state index in [1.807, 2.05) is 36.4 Å². The van der Waals surface area contributed by atoms with E-state index in [2.05, 4.69) is 21.9 Å². The summed E-state index contributed by atoms with van der Waals surface area (Å²) in [6, 6.07) is 15.1. The van der Waals surface area contributed by atoms with E-state index in [9.17, 15) is 10.5 Å². The molecule has 0 atom stereocenters. The van der Waals surface area contributed by atoms with Crippen molar-refractivity contribution in [3.8, 4) is 22.6 Å². The minimum atomic E-state index is 0.319. The number of rotatable bonds is 3. The SMILES string of the molecule is OOc1ccc2c(c1-c1c(OO)ccc3ccccc13)=CCCC=2. The molecule has 0 spiro atoms. The van der Waals surface area contributed by atoms with Gasteiger partial charge in [-0.05, 0) is 46.2 Å². The molecule has 0 saturated carbocycles. The summed E-state index contributed by atoms with van der Waals surface area (Å²) in [7, 11) is 0. The van der Waals surface area contributed by atoms with Crippen LogP contribution in [0.15, 0.2) is 48.5 Å². The molecule has 2 N–H and O–H groups in total. The molecule has 0 bridgehead atoms. The topological polar surface area (TPSA) is 58.9 Å². The van der Waals surface area contributed by atoms with Gasteiger partial charge in [-0.3, -0.25) is 0 Å². The van der Waals surface area contributed by atoms with Gasteiger partial charge in [0.1, 0.15) is 0 Å².